The third-order valence-corrected chi connectivity index (χ3v) is 3.18. The average molecular weight is 194 g/mol. The van der Waals surface area contributed by atoms with Gasteiger partial charge in [0.1, 0.15) is 0 Å². The van der Waals surface area contributed by atoms with Crippen molar-refractivity contribution >= 4 is 17.8 Å². The van der Waals surface area contributed by atoms with Crippen LogP contribution in [0.2, 0.25) is 0 Å². The zero-order valence-corrected chi connectivity index (χ0v) is 9.06. The molecule has 1 aromatic rings. The molecule has 13 heavy (non-hydrogen) atoms. The van der Waals surface area contributed by atoms with E-state index in [0.29, 0.717) is 11.3 Å². The van der Waals surface area contributed by atoms with Gasteiger partial charge in [0, 0.05) is 0 Å². The molecule has 0 bridgehead atoms. The molecule has 0 amide bonds. The molecule has 1 heterocycles. The first-order valence-electron chi connectivity index (χ1n) is 4.57. The molecule has 0 saturated carbocycles. The first kappa shape index (κ1) is 8.88. The third-order valence-electron chi connectivity index (χ3n) is 2.60. The number of hydrogen-bond acceptors (Lipinski definition) is 3. The van der Waals surface area contributed by atoms with E-state index in [9.17, 15) is 0 Å². The van der Waals surface area contributed by atoms with Crippen LogP contribution in [0.3, 0.4) is 0 Å². The van der Waals surface area contributed by atoms with Crippen LogP contribution in [0.4, 0.5) is 0 Å². The Balaban J connectivity index is 2.26. The summed E-state index contributed by atoms with van der Waals surface area (Å²) in [5.41, 5.74) is 2.58. The first-order chi connectivity index (χ1) is 6.07. The number of rotatable bonds is 0. The summed E-state index contributed by atoms with van der Waals surface area (Å²) >= 11 is 1.32. The zero-order valence-electron chi connectivity index (χ0n) is 8.24. The third kappa shape index (κ3) is 1.66. The molecule has 0 aliphatic heterocycles. The molecular weight excluding hydrogens is 180 g/mol. The number of allylic oxidation sites excluding steroid dienone is 1. The van der Waals surface area contributed by atoms with E-state index in [1.54, 1.807) is 0 Å². The lowest BCUT2D eigenvalue weighted by atomic mass is 9.76. The minimum Gasteiger partial charge on any atom is -0.177 e. The maximum Gasteiger partial charge on any atom is 0.0998 e. The maximum atomic E-state index is 4.30. The second kappa shape index (κ2) is 2.91. The number of aromatic nitrogens is 2. The summed E-state index contributed by atoms with van der Waals surface area (Å²) in [4.78, 5) is 0. The maximum absolute atomic E-state index is 4.30. The van der Waals surface area contributed by atoms with Crippen LogP contribution in [0.25, 0.3) is 6.08 Å². The van der Waals surface area contributed by atoms with E-state index in [4.69, 9.17) is 0 Å². The summed E-state index contributed by atoms with van der Waals surface area (Å²) in [6, 6.07) is 0. The van der Waals surface area contributed by atoms with Crippen molar-refractivity contribution in [2.75, 3.05) is 0 Å². The van der Waals surface area contributed by atoms with Gasteiger partial charge >= 0.3 is 0 Å². The molecule has 0 fully saturated rings. The number of fused-ring (bicyclic) bond motifs is 1. The highest BCUT2D eigenvalue weighted by Crippen LogP contribution is 2.33. The van der Waals surface area contributed by atoms with E-state index >= 15 is 0 Å². The van der Waals surface area contributed by atoms with Gasteiger partial charge in [0.25, 0.3) is 0 Å². The van der Waals surface area contributed by atoms with Gasteiger partial charge < -0.3 is 0 Å². The van der Waals surface area contributed by atoms with Crippen LogP contribution in [0.1, 0.15) is 32.2 Å². The molecule has 3 heteroatoms. The van der Waals surface area contributed by atoms with Gasteiger partial charge in [-0.2, -0.15) is 8.75 Å². The second-order valence-electron chi connectivity index (χ2n) is 4.63. The molecular formula is C10H14N2S. The quantitative estimate of drug-likeness (QED) is 0.634. The van der Waals surface area contributed by atoms with Crippen LogP contribution in [0.15, 0.2) is 6.08 Å². The van der Waals surface area contributed by atoms with E-state index in [-0.39, 0.29) is 0 Å². The van der Waals surface area contributed by atoms with Crippen molar-refractivity contribution in [2.45, 2.75) is 27.2 Å². The van der Waals surface area contributed by atoms with E-state index in [1.807, 2.05) is 0 Å². The molecule has 1 aromatic heterocycles. The van der Waals surface area contributed by atoms with Crippen LogP contribution in [-0.4, -0.2) is 8.75 Å². The van der Waals surface area contributed by atoms with Gasteiger partial charge in [0.2, 0.25) is 0 Å². The summed E-state index contributed by atoms with van der Waals surface area (Å²) in [7, 11) is 0. The molecule has 1 aliphatic carbocycles. The Morgan fingerprint density at radius 1 is 1.38 bits per heavy atom. The number of hydrogen-bond donors (Lipinski definition) is 0. The van der Waals surface area contributed by atoms with Crippen molar-refractivity contribution in [3.8, 4) is 0 Å². The normalized spacial score (nSPS) is 21.6. The standard InChI is InChI=1S/C10H14N2S/c1-10(2,3)7-4-5-8-9(6-7)12-13-11-8/h4-5,7H,6H2,1-3H3. The van der Waals surface area contributed by atoms with Gasteiger partial charge in [-0.1, -0.05) is 26.8 Å². The molecule has 2 nitrogen and oxygen atoms in total. The monoisotopic (exact) mass is 194 g/mol. The van der Waals surface area contributed by atoms with Gasteiger partial charge in [0.15, 0.2) is 0 Å². The number of nitrogens with zero attached hydrogens (tertiary/aromatic N) is 2. The van der Waals surface area contributed by atoms with Crippen molar-refractivity contribution < 1.29 is 0 Å². The molecule has 0 saturated heterocycles. The minimum atomic E-state index is 0.331. The minimum absolute atomic E-state index is 0.331. The Morgan fingerprint density at radius 2 is 2.15 bits per heavy atom. The zero-order chi connectivity index (χ0) is 9.47. The van der Waals surface area contributed by atoms with Crippen molar-refractivity contribution in [1.82, 2.24) is 8.75 Å². The molecule has 70 valence electrons. The van der Waals surface area contributed by atoms with Gasteiger partial charge in [-0.15, -0.1) is 0 Å². The Hall–Kier alpha value is -0.700. The molecule has 1 unspecified atom stereocenters. The second-order valence-corrected chi connectivity index (χ2v) is 5.16. The van der Waals surface area contributed by atoms with Crippen LogP contribution in [-0.2, 0) is 6.42 Å². The van der Waals surface area contributed by atoms with Crippen LogP contribution in [0.5, 0.6) is 0 Å². The molecule has 0 radical (unpaired) electrons. The summed E-state index contributed by atoms with van der Waals surface area (Å²) in [5, 5.41) is 0. The largest absolute Gasteiger partial charge is 0.177 e. The SMILES string of the molecule is CC(C)(C)C1C=Cc2nsnc2C1. The first-order valence-corrected chi connectivity index (χ1v) is 5.30. The van der Waals surface area contributed by atoms with Gasteiger partial charge in [0.05, 0.1) is 23.1 Å². The highest BCUT2D eigenvalue weighted by molar-refractivity contribution is 6.99. The molecule has 0 aromatic carbocycles. The highest BCUT2D eigenvalue weighted by atomic mass is 32.1. The van der Waals surface area contributed by atoms with Gasteiger partial charge in [-0.05, 0) is 23.8 Å². The fourth-order valence-electron chi connectivity index (χ4n) is 1.56. The van der Waals surface area contributed by atoms with Crippen molar-refractivity contribution in [1.29, 1.82) is 0 Å². The average Bonchev–Trinajstić information content (AvgIpc) is 2.47. The van der Waals surface area contributed by atoms with E-state index < -0.39 is 0 Å². The Morgan fingerprint density at radius 3 is 2.85 bits per heavy atom. The van der Waals surface area contributed by atoms with Crippen molar-refractivity contribution in [3.63, 3.8) is 0 Å². The van der Waals surface area contributed by atoms with Gasteiger partial charge in [-0.3, -0.25) is 0 Å². The lowest BCUT2D eigenvalue weighted by Crippen LogP contribution is -2.22. The topological polar surface area (TPSA) is 25.8 Å². The smallest absolute Gasteiger partial charge is 0.0998 e. The lowest BCUT2D eigenvalue weighted by molar-refractivity contribution is 0.289. The van der Waals surface area contributed by atoms with Crippen LogP contribution < -0.4 is 0 Å². The van der Waals surface area contributed by atoms with Crippen LogP contribution >= 0.6 is 11.7 Å². The lowest BCUT2D eigenvalue weighted by Gasteiger charge is -2.29. The predicted octanol–water partition coefficient (Wildman–Crippen LogP) is 2.77. The molecule has 1 atom stereocenters. The fourth-order valence-corrected chi connectivity index (χ4v) is 2.12. The summed E-state index contributed by atoms with van der Waals surface area (Å²) in [5.74, 6) is 0.601. The van der Waals surface area contributed by atoms with Crippen molar-refractivity contribution in [2.24, 2.45) is 11.3 Å². The van der Waals surface area contributed by atoms with Crippen LogP contribution in [0, 0.1) is 11.3 Å². The highest BCUT2D eigenvalue weighted by Gasteiger charge is 2.26. The molecule has 1 aliphatic rings. The van der Waals surface area contributed by atoms with E-state index in [0.717, 1.165) is 12.1 Å². The molecule has 2 rings (SSSR count). The fraction of sp³-hybridized carbons (Fsp3) is 0.600. The summed E-state index contributed by atoms with van der Waals surface area (Å²) < 4.78 is 8.52. The summed E-state index contributed by atoms with van der Waals surface area (Å²) in [6.45, 7) is 6.81. The molecule has 0 spiro atoms. The van der Waals surface area contributed by atoms with E-state index in [1.165, 1.54) is 17.4 Å². The van der Waals surface area contributed by atoms with Gasteiger partial charge in [-0.25, -0.2) is 0 Å². The van der Waals surface area contributed by atoms with E-state index in [2.05, 4.69) is 41.7 Å². The Kier molecular flexibility index (Phi) is 1.99. The van der Waals surface area contributed by atoms with Crippen molar-refractivity contribution in [3.05, 3.63) is 17.5 Å². The Bertz CT molecular complexity index is 333. The summed E-state index contributed by atoms with van der Waals surface area (Å²) in [6.07, 6.45) is 5.42. The molecule has 0 N–H and O–H groups in total. The predicted molar refractivity (Wildman–Crippen MR) is 55.6 cm³/mol. The Labute approximate surface area is 83.0 Å².